The molecule has 0 spiro atoms. The molecule has 2 rings (SSSR count). The number of benzene rings is 1. The molecule has 1 atom stereocenters. The molecule has 2 aromatic rings. The van der Waals surface area contributed by atoms with Crippen molar-refractivity contribution in [1.82, 2.24) is 4.98 Å². The lowest BCUT2D eigenvalue weighted by Crippen LogP contribution is -2.14. The Labute approximate surface area is 112 Å². The summed E-state index contributed by atoms with van der Waals surface area (Å²) in [7, 11) is 0. The maximum absolute atomic E-state index is 13.1. The predicted molar refractivity (Wildman–Crippen MR) is 72.6 cm³/mol. The Morgan fingerprint density at radius 1 is 1.32 bits per heavy atom. The van der Waals surface area contributed by atoms with Gasteiger partial charge in [-0.25, -0.2) is 4.39 Å². The molecule has 4 heteroatoms. The van der Waals surface area contributed by atoms with Crippen LogP contribution in [0.1, 0.15) is 29.7 Å². The molecule has 2 N–H and O–H groups in total. The number of hydrogen-bond donors (Lipinski definition) is 1. The lowest BCUT2D eigenvalue weighted by atomic mass is 9.97. The van der Waals surface area contributed by atoms with Crippen LogP contribution >= 0.6 is 0 Å². The minimum Gasteiger partial charge on any atom is -0.492 e. The topological polar surface area (TPSA) is 48.1 Å². The molecule has 0 aliphatic heterocycles. The molecule has 0 saturated heterocycles. The van der Waals surface area contributed by atoms with Gasteiger partial charge in [0.2, 0.25) is 0 Å². The molecule has 0 amide bonds. The van der Waals surface area contributed by atoms with Gasteiger partial charge >= 0.3 is 0 Å². The Morgan fingerprint density at radius 3 is 2.79 bits per heavy atom. The van der Waals surface area contributed by atoms with Gasteiger partial charge in [0, 0.05) is 6.20 Å². The Bertz CT molecular complexity index is 572. The fourth-order valence-corrected chi connectivity index (χ4v) is 2.02. The van der Waals surface area contributed by atoms with Gasteiger partial charge in [0.05, 0.1) is 18.8 Å². The quantitative estimate of drug-likeness (QED) is 0.919. The third-order valence-corrected chi connectivity index (χ3v) is 2.97. The molecule has 0 aliphatic rings. The van der Waals surface area contributed by atoms with Crippen molar-refractivity contribution in [2.45, 2.75) is 19.9 Å². The number of aromatic nitrogens is 1. The van der Waals surface area contributed by atoms with Gasteiger partial charge in [0.1, 0.15) is 11.6 Å². The third-order valence-electron chi connectivity index (χ3n) is 2.97. The van der Waals surface area contributed by atoms with E-state index in [1.54, 1.807) is 18.5 Å². The van der Waals surface area contributed by atoms with Crippen LogP contribution < -0.4 is 10.5 Å². The maximum Gasteiger partial charge on any atom is 0.137 e. The SMILES string of the molecule is CCOc1cncc(C(N)c2ccc(F)cc2C)c1. The summed E-state index contributed by atoms with van der Waals surface area (Å²) in [4.78, 5) is 4.12. The van der Waals surface area contributed by atoms with Gasteiger partial charge in [-0.2, -0.15) is 0 Å². The van der Waals surface area contributed by atoms with Gasteiger partial charge in [0.15, 0.2) is 0 Å². The second-order valence-corrected chi connectivity index (χ2v) is 4.37. The first kappa shape index (κ1) is 13.5. The first-order valence-electron chi connectivity index (χ1n) is 6.21. The fourth-order valence-electron chi connectivity index (χ4n) is 2.02. The minimum atomic E-state index is -0.339. The van der Waals surface area contributed by atoms with Crippen molar-refractivity contribution in [3.8, 4) is 5.75 Å². The zero-order chi connectivity index (χ0) is 13.8. The molecule has 1 unspecified atom stereocenters. The van der Waals surface area contributed by atoms with Crippen molar-refractivity contribution >= 4 is 0 Å². The zero-order valence-electron chi connectivity index (χ0n) is 11.1. The van der Waals surface area contributed by atoms with Crippen molar-refractivity contribution in [2.75, 3.05) is 6.61 Å². The summed E-state index contributed by atoms with van der Waals surface area (Å²) in [6.45, 7) is 4.34. The van der Waals surface area contributed by atoms with E-state index in [9.17, 15) is 4.39 Å². The summed E-state index contributed by atoms with van der Waals surface area (Å²) in [5.74, 6) is 0.435. The van der Waals surface area contributed by atoms with Gasteiger partial charge in [-0.15, -0.1) is 0 Å². The van der Waals surface area contributed by atoms with Crippen LogP contribution in [0.3, 0.4) is 0 Å². The number of pyridine rings is 1. The number of halogens is 1. The summed E-state index contributed by atoms with van der Waals surface area (Å²) in [6.07, 6.45) is 3.35. The van der Waals surface area contributed by atoms with E-state index in [0.717, 1.165) is 16.7 Å². The summed E-state index contributed by atoms with van der Waals surface area (Å²) in [6, 6.07) is 6.14. The zero-order valence-corrected chi connectivity index (χ0v) is 11.1. The van der Waals surface area contributed by atoms with Gasteiger partial charge in [-0.05, 0) is 48.7 Å². The number of rotatable bonds is 4. The van der Waals surface area contributed by atoms with Gasteiger partial charge in [-0.3, -0.25) is 4.98 Å². The molecule has 1 aromatic heterocycles. The highest BCUT2D eigenvalue weighted by Crippen LogP contribution is 2.25. The molecular weight excluding hydrogens is 243 g/mol. The first-order chi connectivity index (χ1) is 9.11. The van der Waals surface area contributed by atoms with E-state index in [1.807, 2.05) is 19.9 Å². The van der Waals surface area contributed by atoms with Crippen LogP contribution in [0.4, 0.5) is 4.39 Å². The molecule has 19 heavy (non-hydrogen) atoms. The van der Waals surface area contributed by atoms with Crippen LogP contribution in [0.15, 0.2) is 36.7 Å². The lowest BCUT2D eigenvalue weighted by Gasteiger charge is -2.15. The van der Waals surface area contributed by atoms with E-state index < -0.39 is 0 Å². The molecule has 0 aliphatic carbocycles. The van der Waals surface area contributed by atoms with Crippen molar-refractivity contribution in [1.29, 1.82) is 0 Å². The predicted octanol–water partition coefficient (Wildman–Crippen LogP) is 2.98. The van der Waals surface area contributed by atoms with E-state index in [0.29, 0.717) is 12.4 Å². The van der Waals surface area contributed by atoms with E-state index in [2.05, 4.69) is 4.98 Å². The summed E-state index contributed by atoms with van der Waals surface area (Å²) < 4.78 is 18.5. The van der Waals surface area contributed by atoms with Crippen molar-refractivity contribution in [2.24, 2.45) is 5.73 Å². The Hall–Kier alpha value is -1.94. The molecule has 3 nitrogen and oxygen atoms in total. The van der Waals surface area contributed by atoms with Crippen LogP contribution in [0.5, 0.6) is 5.75 Å². The monoisotopic (exact) mass is 260 g/mol. The van der Waals surface area contributed by atoms with Crippen molar-refractivity contribution in [3.63, 3.8) is 0 Å². The number of nitrogens with zero attached hydrogens (tertiary/aromatic N) is 1. The van der Waals surface area contributed by atoms with Crippen LogP contribution in [-0.4, -0.2) is 11.6 Å². The molecule has 1 heterocycles. The second-order valence-electron chi connectivity index (χ2n) is 4.37. The maximum atomic E-state index is 13.1. The van der Waals surface area contributed by atoms with Gasteiger partial charge in [-0.1, -0.05) is 6.07 Å². The first-order valence-corrected chi connectivity index (χ1v) is 6.21. The second kappa shape index (κ2) is 5.80. The van der Waals surface area contributed by atoms with E-state index in [4.69, 9.17) is 10.5 Å². The number of nitrogens with two attached hydrogens (primary N) is 1. The normalized spacial score (nSPS) is 12.2. The van der Waals surface area contributed by atoms with Gasteiger partial charge < -0.3 is 10.5 Å². The molecule has 0 fully saturated rings. The Kier molecular flexibility index (Phi) is 4.12. The number of aryl methyl sites for hydroxylation is 1. The summed E-state index contributed by atoms with van der Waals surface area (Å²) in [5.41, 5.74) is 8.78. The molecule has 0 bridgehead atoms. The molecular formula is C15H17FN2O. The standard InChI is InChI=1S/C15H17FN2O/c1-3-19-13-7-11(8-18-9-13)15(17)14-5-4-12(16)6-10(14)2/h4-9,15H,3,17H2,1-2H3. The van der Waals surface area contributed by atoms with E-state index >= 15 is 0 Å². The fraction of sp³-hybridized carbons (Fsp3) is 0.267. The van der Waals surface area contributed by atoms with Crippen molar-refractivity contribution < 1.29 is 9.13 Å². The summed E-state index contributed by atoms with van der Waals surface area (Å²) in [5, 5.41) is 0. The average Bonchev–Trinajstić information content (AvgIpc) is 2.39. The molecule has 0 saturated carbocycles. The average molecular weight is 260 g/mol. The Balaban J connectivity index is 2.32. The summed E-state index contributed by atoms with van der Waals surface area (Å²) >= 11 is 0. The Morgan fingerprint density at radius 2 is 2.11 bits per heavy atom. The molecule has 1 aromatic carbocycles. The van der Waals surface area contributed by atoms with E-state index in [1.165, 1.54) is 12.1 Å². The van der Waals surface area contributed by atoms with Crippen molar-refractivity contribution in [3.05, 3.63) is 59.2 Å². The molecule has 0 radical (unpaired) electrons. The van der Waals surface area contributed by atoms with E-state index in [-0.39, 0.29) is 11.9 Å². The number of ether oxygens (including phenoxy) is 1. The van der Waals surface area contributed by atoms with Crippen LogP contribution in [0, 0.1) is 12.7 Å². The van der Waals surface area contributed by atoms with Crippen LogP contribution in [-0.2, 0) is 0 Å². The minimum absolute atomic E-state index is 0.255. The highest BCUT2D eigenvalue weighted by molar-refractivity contribution is 5.37. The third kappa shape index (κ3) is 3.09. The highest BCUT2D eigenvalue weighted by Gasteiger charge is 2.13. The van der Waals surface area contributed by atoms with Crippen LogP contribution in [0.25, 0.3) is 0 Å². The molecule has 100 valence electrons. The number of hydrogen-bond acceptors (Lipinski definition) is 3. The van der Waals surface area contributed by atoms with Gasteiger partial charge in [0.25, 0.3) is 0 Å². The largest absolute Gasteiger partial charge is 0.492 e. The highest BCUT2D eigenvalue weighted by atomic mass is 19.1. The smallest absolute Gasteiger partial charge is 0.137 e. The van der Waals surface area contributed by atoms with Crippen LogP contribution in [0.2, 0.25) is 0 Å². The lowest BCUT2D eigenvalue weighted by molar-refractivity contribution is 0.338.